The minimum absolute atomic E-state index is 0.00540. The average Bonchev–Trinajstić information content (AvgIpc) is 2.55. The fourth-order valence-corrected chi connectivity index (χ4v) is 2.68. The SMILES string of the molecule is COS(=O)(=O)c1ccccc1Cl.O=[N+]([O-])c1cccc(C(F)(F)F)c1. The zero-order chi connectivity index (χ0) is 19.3. The Labute approximate surface area is 146 Å². The van der Waals surface area contributed by atoms with Crippen molar-refractivity contribution in [3.05, 3.63) is 69.2 Å². The molecule has 0 radical (unpaired) electrons. The molecule has 0 saturated heterocycles. The van der Waals surface area contributed by atoms with Crippen LogP contribution in [0.4, 0.5) is 18.9 Å². The molecular formula is C14H11ClF3NO5S. The first kappa shape index (κ1) is 20.9. The highest BCUT2D eigenvalue weighted by atomic mass is 35.5. The number of nitro benzene ring substituents is 1. The topological polar surface area (TPSA) is 86.5 Å². The summed E-state index contributed by atoms with van der Waals surface area (Å²) in [5.74, 6) is 0. The highest BCUT2D eigenvalue weighted by molar-refractivity contribution is 7.86. The molecule has 2 aromatic carbocycles. The van der Waals surface area contributed by atoms with E-state index in [1.165, 1.54) is 12.1 Å². The highest BCUT2D eigenvalue weighted by Gasteiger charge is 2.31. The summed E-state index contributed by atoms with van der Waals surface area (Å²) in [7, 11) is -2.56. The van der Waals surface area contributed by atoms with E-state index in [0.717, 1.165) is 25.3 Å². The van der Waals surface area contributed by atoms with Gasteiger partial charge in [0.15, 0.2) is 0 Å². The van der Waals surface area contributed by atoms with E-state index >= 15 is 0 Å². The number of non-ortho nitro benzene ring substituents is 1. The molecule has 0 aromatic heterocycles. The summed E-state index contributed by atoms with van der Waals surface area (Å²) in [4.78, 5) is 9.25. The van der Waals surface area contributed by atoms with Crippen molar-refractivity contribution < 1.29 is 30.7 Å². The van der Waals surface area contributed by atoms with Crippen LogP contribution < -0.4 is 0 Å². The quantitative estimate of drug-likeness (QED) is 0.438. The molecule has 0 atom stereocenters. The second-order valence-corrected chi connectivity index (χ2v) is 6.45. The summed E-state index contributed by atoms with van der Waals surface area (Å²) in [6.45, 7) is 0. The van der Waals surface area contributed by atoms with E-state index in [-0.39, 0.29) is 9.92 Å². The molecular weight excluding hydrogens is 387 g/mol. The maximum atomic E-state index is 12.0. The lowest BCUT2D eigenvalue weighted by molar-refractivity contribution is -0.385. The number of nitro groups is 1. The summed E-state index contributed by atoms with van der Waals surface area (Å²) in [6, 6.07) is 9.41. The van der Waals surface area contributed by atoms with Crippen LogP contribution in [0, 0.1) is 10.1 Å². The molecule has 0 aliphatic rings. The van der Waals surface area contributed by atoms with Crippen molar-refractivity contribution in [3.63, 3.8) is 0 Å². The predicted octanol–water partition coefficient (Wildman–Crippen LogP) is 4.29. The van der Waals surface area contributed by atoms with Crippen molar-refractivity contribution in [1.82, 2.24) is 0 Å². The van der Waals surface area contributed by atoms with Gasteiger partial charge in [-0.1, -0.05) is 29.8 Å². The first-order chi connectivity index (χ1) is 11.5. The zero-order valence-electron chi connectivity index (χ0n) is 12.5. The van der Waals surface area contributed by atoms with Crippen molar-refractivity contribution in [2.75, 3.05) is 7.11 Å². The van der Waals surface area contributed by atoms with Gasteiger partial charge in [0.25, 0.3) is 15.8 Å². The van der Waals surface area contributed by atoms with E-state index < -0.39 is 32.5 Å². The Morgan fingerprint density at radius 1 is 1.12 bits per heavy atom. The Morgan fingerprint density at radius 3 is 2.20 bits per heavy atom. The number of rotatable bonds is 3. The van der Waals surface area contributed by atoms with Crippen LogP contribution in [0.3, 0.4) is 0 Å². The monoisotopic (exact) mass is 397 g/mol. The Hall–Kier alpha value is -2.17. The maximum Gasteiger partial charge on any atom is 0.416 e. The molecule has 25 heavy (non-hydrogen) atoms. The molecule has 0 aliphatic carbocycles. The van der Waals surface area contributed by atoms with E-state index in [4.69, 9.17) is 11.6 Å². The molecule has 0 fully saturated rings. The van der Waals surface area contributed by atoms with E-state index in [0.29, 0.717) is 6.07 Å². The average molecular weight is 398 g/mol. The van der Waals surface area contributed by atoms with Crippen LogP contribution in [0.25, 0.3) is 0 Å². The Kier molecular flexibility index (Phi) is 6.91. The van der Waals surface area contributed by atoms with Gasteiger partial charge in [-0.3, -0.25) is 14.3 Å². The Morgan fingerprint density at radius 2 is 1.72 bits per heavy atom. The molecule has 0 N–H and O–H groups in total. The summed E-state index contributed by atoms with van der Waals surface area (Å²) >= 11 is 5.63. The van der Waals surface area contributed by atoms with E-state index in [2.05, 4.69) is 4.18 Å². The molecule has 0 heterocycles. The first-order valence-corrected chi connectivity index (χ1v) is 8.14. The lowest BCUT2D eigenvalue weighted by atomic mass is 10.2. The molecule has 0 aliphatic heterocycles. The van der Waals surface area contributed by atoms with Gasteiger partial charge in [0.05, 0.1) is 22.6 Å². The molecule has 0 spiro atoms. The van der Waals surface area contributed by atoms with Gasteiger partial charge in [-0.2, -0.15) is 21.6 Å². The number of hydrogen-bond acceptors (Lipinski definition) is 5. The number of halogens is 4. The predicted molar refractivity (Wildman–Crippen MR) is 83.7 cm³/mol. The van der Waals surface area contributed by atoms with Crippen LogP contribution in [-0.4, -0.2) is 20.5 Å². The largest absolute Gasteiger partial charge is 0.416 e. The normalized spacial score (nSPS) is 11.4. The van der Waals surface area contributed by atoms with E-state index in [9.17, 15) is 31.7 Å². The Balaban J connectivity index is 0.000000251. The fourth-order valence-electron chi connectivity index (χ4n) is 1.53. The van der Waals surface area contributed by atoms with Gasteiger partial charge in [0.1, 0.15) is 4.90 Å². The van der Waals surface area contributed by atoms with Crippen LogP contribution in [0.15, 0.2) is 53.4 Å². The molecule has 11 heteroatoms. The fraction of sp³-hybridized carbons (Fsp3) is 0.143. The van der Waals surface area contributed by atoms with Gasteiger partial charge in [-0.25, -0.2) is 0 Å². The van der Waals surface area contributed by atoms with Crippen LogP contribution in [0.5, 0.6) is 0 Å². The maximum absolute atomic E-state index is 12.0. The Bertz CT molecular complexity index is 856. The molecule has 2 aromatic rings. The van der Waals surface area contributed by atoms with Crippen molar-refractivity contribution >= 4 is 27.4 Å². The zero-order valence-corrected chi connectivity index (χ0v) is 14.1. The summed E-state index contributed by atoms with van der Waals surface area (Å²) in [6.07, 6.45) is -4.54. The van der Waals surface area contributed by atoms with Crippen LogP contribution in [0.2, 0.25) is 5.02 Å². The molecule has 0 unspecified atom stereocenters. The summed E-state index contributed by atoms with van der Waals surface area (Å²) in [5.41, 5.74) is -1.57. The number of nitrogens with zero attached hydrogens (tertiary/aromatic N) is 1. The molecule has 2 rings (SSSR count). The highest BCUT2D eigenvalue weighted by Crippen LogP contribution is 2.31. The van der Waals surface area contributed by atoms with Gasteiger partial charge >= 0.3 is 6.18 Å². The number of benzene rings is 2. The summed E-state index contributed by atoms with van der Waals surface area (Å²) in [5, 5.41) is 10.3. The van der Waals surface area contributed by atoms with Crippen LogP contribution in [0.1, 0.15) is 5.56 Å². The third-order valence-corrected chi connectivity index (χ3v) is 4.48. The van der Waals surface area contributed by atoms with E-state index in [1.807, 2.05) is 0 Å². The summed E-state index contributed by atoms with van der Waals surface area (Å²) < 4.78 is 62.5. The molecule has 6 nitrogen and oxygen atoms in total. The van der Waals surface area contributed by atoms with Gasteiger partial charge in [-0.15, -0.1) is 0 Å². The second-order valence-electron chi connectivity index (χ2n) is 4.36. The second kappa shape index (κ2) is 8.28. The third kappa shape index (κ3) is 6.00. The lowest BCUT2D eigenvalue weighted by Gasteiger charge is -2.04. The van der Waals surface area contributed by atoms with E-state index in [1.54, 1.807) is 12.1 Å². The van der Waals surface area contributed by atoms with Crippen molar-refractivity contribution in [2.24, 2.45) is 0 Å². The van der Waals surface area contributed by atoms with Gasteiger partial charge in [-0.05, 0) is 18.2 Å². The minimum Gasteiger partial charge on any atom is -0.270 e. The number of alkyl halides is 3. The standard InChI is InChI=1S/C7H7ClO3S.C7H4F3NO2/c1-11-12(9,10)7-5-3-2-4-6(7)8;8-7(9,10)5-2-1-3-6(4-5)11(12)13/h2-5H,1H3;1-4H. The first-order valence-electron chi connectivity index (χ1n) is 6.36. The molecule has 0 bridgehead atoms. The third-order valence-electron chi connectivity index (χ3n) is 2.71. The van der Waals surface area contributed by atoms with Crippen LogP contribution >= 0.6 is 11.6 Å². The van der Waals surface area contributed by atoms with Crippen molar-refractivity contribution in [3.8, 4) is 0 Å². The van der Waals surface area contributed by atoms with Gasteiger partial charge in [0, 0.05) is 12.1 Å². The van der Waals surface area contributed by atoms with Gasteiger partial charge < -0.3 is 0 Å². The van der Waals surface area contributed by atoms with Gasteiger partial charge in [0.2, 0.25) is 0 Å². The lowest BCUT2D eigenvalue weighted by Crippen LogP contribution is -2.04. The van der Waals surface area contributed by atoms with Crippen molar-refractivity contribution in [1.29, 1.82) is 0 Å². The smallest absolute Gasteiger partial charge is 0.270 e. The molecule has 136 valence electrons. The number of hydrogen-bond donors (Lipinski definition) is 0. The molecule has 0 amide bonds. The molecule has 0 saturated carbocycles. The van der Waals surface area contributed by atoms with Crippen molar-refractivity contribution in [2.45, 2.75) is 11.1 Å². The minimum atomic E-state index is -4.54. The van der Waals surface area contributed by atoms with Crippen LogP contribution in [-0.2, 0) is 20.5 Å².